The van der Waals surface area contributed by atoms with Crippen LogP contribution >= 0.6 is 0 Å². The SMILES string of the molecule is Cc1cc2c(NC3CCCCC3O)nccn2n1. The summed E-state index contributed by atoms with van der Waals surface area (Å²) in [6, 6.07) is 2.11. The van der Waals surface area contributed by atoms with Crippen molar-refractivity contribution in [3.8, 4) is 0 Å². The first-order chi connectivity index (χ1) is 8.74. The van der Waals surface area contributed by atoms with Gasteiger partial charge in [0, 0.05) is 12.4 Å². The Morgan fingerprint density at radius 3 is 3.06 bits per heavy atom. The second-order valence-electron chi connectivity index (χ2n) is 4.99. The number of hydrogen-bond donors (Lipinski definition) is 2. The Kier molecular flexibility index (Phi) is 2.91. The van der Waals surface area contributed by atoms with Crippen molar-refractivity contribution in [3.05, 3.63) is 24.2 Å². The number of aryl methyl sites for hydroxylation is 1. The van der Waals surface area contributed by atoms with E-state index >= 15 is 0 Å². The standard InChI is InChI=1S/C13H18N4O/c1-9-8-11-13(14-6-7-17(11)16-9)15-10-4-2-3-5-12(10)18/h6-8,10,12,18H,2-5H2,1H3,(H,14,15). The molecule has 2 atom stereocenters. The third-order valence-electron chi connectivity index (χ3n) is 3.56. The zero-order valence-corrected chi connectivity index (χ0v) is 10.5. The van der Waals surface area contributed by atoms with Gasteiger partial charge < -0.3 is 10.4 Å². The fraction of sp³-hybridized carbons (Fsp3) is 0.538. The highest BCUT2D eigenvalue weighted by atomic mass is 16.3. The van der Waals surface area contributed by atoms with Crippen molar-refractivity contribution in [1.82, 2.24) is 14.6 Å². The zero-order valence-electron chi connectivity index (χ0n) is 10.5. The Labute approximate surface area is 106 Å². The minimum atomic E-state index is -0.273. The van der Waals surface area contributed by atoms with Gasteiger partial charge in [-0.15, -0.1) is 0 Å². The summed E-state index contributed by atoms with van der Waals surface area (Å²) in [4.78, 5) is 4.37. The Hall–Kier alpha value is -1.62. The van der Waals surface area contributed by atoms with Gasteiger partial charge in [-0.25, -0.2) is 9.50 Å². The van der Waals surface area contributed by atoms with Crippen LogP contribution in [0.3, 0.4) is 0 Å². The lowest BCUT2D eigenvalue weighted by Gasteiger charge is -2.28. The molecule has 1 aliphatic rings. The number of fused-ring (bicyclic) bond motifs is 1. The molecule has 5 heteroatoms. The molecule has 2 N–H and O–H groups in total. The minimum Gasteiger partial charge on any atom is -0.391 e. The molecule has 2 aromatic rings. The normalized spacial score (nSPS) is 24.3. The molecule has 1 fully saturated rings. The Morgan fingerprint density at radius 1 is 1.39 bits per heavy atom. The summed E-state index contributed by atoms with van der Waals surface area (Å²) >= 11 is 0. The summed E-state index contributed by atoms with van der Waals surface area (Å²) < 4.78 is 1.82. The number of aliphatic hydroxyl groups excluding tert-OH is 1. The van der Waals surface area contributed by atoms with E-state index in [1.54, 1.807) is 6.20 Å². The smallest absolute Gasteiger partial charge is 0.152 e. The number of hydrogen-bond acceptors (Lipinski definition) is 4. The van der Waals surface area contributed by atoms with Crippen molar-refractivity contribution >= 4 is 11.3 Å². The van der Waals surface area contributed by atoms with E-state index in [1.807, 2.05) is 23.7 Å². The molecule has 2 aromatic heterocycles. The molecule has 2 unspecified atom stereocenters. The highest BCUT2D eigenvalue weighted by Crippen LogP contribution is 2.23. The third-order valence-corrected chi connectivity index (χ3v) is 3.56. The van der Waals surface area contributed by atoms with Crippen LogP contribution in [0.5, 0.6) is 0 Å². The maximum absolute atomic E-state index is 9.99. The van der Waals surface area contributed by atoms with E-state index in [9.17, 15) is 5.11 Å². The first-order valence-corrected chi connectivity index (χ1v) is 6.49. The van der Waals surface area contributed by atoms with Crippen molar-refractivity contribution < 1.29 is 5.11 Å². The van der Waals surface area contributed by atoms with Crippen molar-refractivity contribution in [3.63, 3.8) is 0 Å². The molecule has 5 nitrogen and oxygen atoms in total. The van der Waals surface area contributed by atoms with Crippen LogP contribution in [-0.2, 0) is 0 Å². The molecular weight excluding hydrogens is 228 g/mol. The zero-order chi connectivity index (χ0) is 12.5. The monoisotopic (exact) mass is 246 g/mol. The van der Waals surface area contributed by atoms with Gasteiger partial charge in [-0.1, -0.05) is 12.8 Å². The maximum atomic E-state index is 9.99. The highest BCUT2D eigenvalue weighted by Gasteiger charge is 2.23. The van der Waals surface area contributed by atoms with Crippen LogP contribution in [0.25, 0.3) is 5.52 Å². The van der Waals surface area contributed by atoms with Crippen molar-refractivity contribution in [2.45, 2.75) is 44.8 Å². The summed E-state index contributed by atoms with van der Waals surface area (Å²) in [6.07, 6.45) is 7.45. The van der Waals surface area contributed by atoms with Gasteiger partial charge >= 0.3 is 0 Å². The molecule has 3 rings (SSSR count). The van der Waals surface area contributed by atoms with E-state index in [1.165, 1.54) is 0 Å². The number of anilines is 1. The number of nitrogens with zero attached hydrogens (tertiary/aromatic N) is 3. The first-order valence-electron chi connectivity index (χ1n) is 6.49. The van der Waals surface area contributed by atoms with Gasteiger partial charge in [-0.2, -0.15) is 5.10 Å². The van der Waals surface area contributed by atoms with Crippen molar-refractivity contribution in [1.29, 1.82) is 0 Å². The quantitative estimate of drug-likeness (QED) is 0.847. The van der Waals surface area contributed by atoms with E-state index < -0.39 is 0 Å². The molecule has 96 valence electrons. The third kappa shape index (κ3) is 2.06. The topological polar surface area (TPSA) is 62.5 Å². The van der Waals surface area contributed by atoms with Gasteiger partial charge in [0.15, 0.2) is 5.82 Å². The van der Waals surface area contributed by atoms with Gasteiger partial charge in [-0.05, 0) is 25.8 Å². The summed E-state index contributed by atoms with van der Waals surface area (Å²) in [5, 5.41) is 17.7. The van der Waals surface area contributed by atoms with E-state index in [-0.39, 0.29) is 12.1 Å². The van der Waals surface area contributed by atoms with Crippen LogP contribution in [0, 0.1) is 6.92 Å². The average molecular weight is 246 g/mol. The Bertz CT molecular complexity index is 551. The summed E-state index contributed by atoms with van der Waals surface area (Å²) in [5.41, 5.74) is 1.93. The highest BCUT2D eigenvalue weighted by molar-refractivity contribution is 5.68. The van der Waals surface area contributed by atoms with E-state index in [2.05, 4.69) is 15.4 Å². The molecule has 0 aromatic carbocycles. The second-order valence-corrected chi connectivity index (χ2v) is 4.99. The fourth-order valence-electron chi connectivity index (χ4n) is 2.61. The summed E-state index contributed by atoms with van der Waals surface area (Å²) in [5.74, 6) is 0.809. The predicted molar refractivity (Wildman–Crippen MR) is 69.6 cm³/mol. The molecule has 0 aliphatic heterocycles. The van der Waals surface area contributed by atoms with Gasteiger partial charge in [0.1, 0.15) is 5.52 Å². The number of rotatable bonds is 2. The molecule has 1 saturated carbocycles. The van der Waals surface area contributed by atoms with Crippen LogP contribution in [-0.4, -0.2) is 31.9 Å². The molecule has 0 bridgehead atoms. The Morgan fingerprint density at radius 2 is 2.22 bits per heavy atom. The molecule has 2 heterocycles. The molecular formula is C13H18N4O. The lowest BCUT2D eigenvalue weighted by atomic mass is 9.92. The Balaban J connectivity index is 1.89. The van der Waals surface area contributed by atoms with E-state index in [4.69, 9.17) is 0 Å². The molecule has 0 saturated heterocycles. The van der Waals surface area contributed by atoms with Gasteiger partial charge in [0.05, 0.1) is 17.8 Å². The molecule has 1 aliphatic carbocycles. The molecule has 0 radical (unpaired) electrons. The van der Waals surface area contributed by atoms with Gasteiger partial charge in [-0.3, -0.25) is 0 Å². The largest absolute Gasteiger partial charge is 0.391 e. The fourth-order valence-corrected chi connectivity index (χ4v) is 2.61. The maximum Gasteiger partial charge on any atom is 0.152 e. The van der Waals surface area contributed by atoms with Crippen LogP contribution in [0.15, 0.2) is 18.5 Å². The van der Waals surface area contributed by atoms with Crippen molar-refractivity contribution in [2.24, 2.45) is 0 Å². The van der Waals surface area contributed by atoms with Crippen LogP contribution in [0.4, 0.5) is 5.82 Å². The first kappa shape index (κ1) is 11.5. The van der Waals surface area contributed by atoms with Crippen LogP contribution < -0.4 is 5.32 Å². The predicted octanol–water partition coefficient (Wildman–Crippen LogP) is 1.75. The molecule has 0 amide bonds. The number of nitrogens with one attached hydrogen (secondary N) is 1. The van der Waals surface area contributed by atoms with Crippen LogP contribution in [0.1, 0.15) is 31.4 Å². The lowest BCUT2D eigenvalue weighted by molar-refractivity contribution is 0.116. The van der Waals surface area contributed by atoms with Gasteiger partial charge in [0.2, 0.25) is 0 Å². The van der Waals surface area contributed by atoms with Gasteiger partial charge in [0.25, 0.3) is 0 Å². The molecule has 18 heavy (non-hydrogen) atoms. The van der Waals surface area contributed by atoms with Crippen LogP contribution in [0.2, 0.25) is 0 Å². The lowest BCUT2D eigenvalue weighted by Crippen LogP contribution is -2.36. The van der Waals surface area contributed by atoms with E-state index in [0.717, 1.165) is 42.7 Å². The summed E-state index contributed by atoms with van der Waals surface area (Å²) in [7, 11) is 0. The number of aliphatic hydroxyl groups is 1. The molecule has 0 spiro atoms. The van der Waals surface area contributed by atoms with Crippen molar-refractivity contribution in [2.75, 3.05) is 5.32 Å². The number of aromatic nitrogens is 3. The second kappa shape index (κ2) is 4.57. The minimum absolute atomic E-state index is 0.104. The average Bonchev–Trinajstić information content (AvgIpc) is 2.73. The summed E-state index contributed by atoms with van der Waals surface area (Å²) in [6.45, 7) is 1.96. The van der Waals surface area contributed by atoms with E-state index in [0.29, 0.717) is 0 Å².